The molecule has 1 fully saturated rings. The summed E-state index contributed by atoms with van der Waals surface area (Å²) in [5.41, 5.74) is 2.11. The molecule has 134 valence electrons. The van der Waals surface area contributed by atoms with Gasteiger partial charge in [-0.05, 0) is 30.4 Å². The van der Waals surface area contributed by atoms with E-state index in [0.717, 1.165) is 31.6 Å². The molecular formula is C17H28N3O3P. The van der Waals surface area contributed by atoms with Crippen LogP contribution in [0.2, 0.25) is 0 Å². The fourth-order valence-corrected chi connectivity index (χ4v) is 3.24. The van der Waals surface area contributed by atoms with Gasteiger partial charge < -0.3 is 19.7 Å². The third kappa shape index (κ3) is 5.15. The van der Waals surface area contributed by atoms with E-state index in [1.54, 1.807) is 26.2 Å². The average molecular weight is 353 g/mol. The van der Waals surface area contributed by atoms with Crippen molar-refractivity contribution in [2.24, 2.45) is 0 Å². The van der Waals surface area contributed by atoms with E-state index in [0.29, 0.717) is 12.5 Å². The molecule has 6 nitrogen and oxygen atoms in total. The standard InChI is InChI=1S/C17H28N3O3P/c1-19(12-16(22-2)23-3)17(21)18-15-7-5-4-6-14(15)13-8-10-20(24)11-9-13/h4-7,13,16H,8-12,24H2,1-3H3,(H,18,21). The van der Waals surface area contributed by atoms with Crippen molar-refractivity contribution in [1.82, 2.24) is 9.57 Å². The molecule has 0 bridgehead atoms. The molecule has 1 saturated heterocycles. The monoisotopic (exact) mass is 353 g/mol. The van der Waals surface area contributed by atoms with Crippen LogP contribution < -0.4 is 5.32 Å². The van der Waals surface area contributed by atoms with Crippen molar-refractivity contribution in [2.45, 2.75) is 25.0 Å². The minimum atomic E-state index is -0.428. The summed E-state index contributed by atoms with van der Waals surface area (Å²) >= 11 is 0. The predicted octanol–water partition coefficient (Wildman–Crippen LogP) is 2.74. The number of nitrogens with zero attached hydrogens (tertiary/aromatic N) is 2. The highest BCUT2D eigenvalue weighted by atomic mass is 31.0. The van der Waals surface area contributed by atoms with E-state index < -0.39 is 6.29 Å². The van der Waals surface area contributed by atoms with Crippen molar-refractivity contribution in [1.29, 1.82) is 0 Å². The molecule has 7 heteroatoms. The highest BCUT2D eigenvalue weighted by Crippen LogP contribution is 2.33. The van der Waals surface area contributed by atoms with Gasteiger partial charge >= 0.3 is 6.03 Å². The molecule has 1 unspecified atom stereocenters. The molecule has 24 heavy (non-hydrogen) atoms. The summed E-state index contributed by atoms with van der Waals surface area (Å²) in [5, 5.41) is 3.03. The summed E-state index contributed by atoms with van der Waals surface area (Å²) in [4.78, 5) is 14.0. The molecule has 1 aromatic rings. The molecule has 1 N–H and O–H groups in total. The molecule has 1 aromatic carbocycles. The molecule has 1 aliphatic heterocycles. The molecule has 1 heterocycles. The Hall–Kier alpha value is -1.20. The van der Waals surface area contributed by atoms with E-state index in [9.17, 15) is 4.79 Å². The summed E-state index contributed by atoms with van der Waals surface area (Å²) in [6.07, 6.45) is 1.77. The Balaban J connectivity index is 2.03. The van der Waals surface area contributed by atoms with E-state index in [4.69, 9.17) is 9.47 Å². The largest absolute Gasteiger partial charge is 0.354 e. The molecule has 2 amide bonds. The number of hydrogen-bond donors (Lipinski definition) is 1. The molecule has 0 saturated carbocycles. The molecule has 0 radical (unpaired) electrons. The number of likely N-dealkylation sites (N-methyl/N-ethyl adjacent to an activating group) is 1. The Morgan fingerprint density at radius 3 is 2.58 bits per heavy atom. The maximum absolute atomic E-state index is 12.5. The Morgan fingerprint density at radius 2 is 1.96 bits per heavy atom. The molecular weight excluding hydrogens is 325 g/mol. The number of carbonyl (C=O) groups excluding carboxylic acids is 1. The number of benzene rings is 1. The Bertz CT molecular complexity index is 532. The van der Waals surface area contributed by atoms with Gasteiger partial charge in [-0.3, -0.25) is 4.67 Å². The van der Waals surface area contributed by atoms with Crippen LogP contribution in [0, 0.1) is 0 Å². The second kappa shape index (κ2) is 9.33. The first kappa shape index (κ1) is 19.1. The van der Waals surface area contributed by atoms with Gasteiger partial charge in [0.1, 0.15) is 0 Å². The van der Waals surface area contributed by atoms with Crippen LogP contribution in [0.5, 0.6) is 0 Å². The van der Waals surface area contributed by atoms with Gasteiger partial charge in [-0.2, -0.15) is 0 Å². The van der Waals surface area contributed by atoms with Gasteiger partial charge in [0.25, 0.3) is 0 Å². The van der Waals surface area contributed by atoms with Crippen molar-refractivity contribution >= 4 is 21.1 Å². The molecule has 1 aliphatic rings. The number of para-hydroxylation sites is 1. The third-order valence-corrected chi connectivity index (χ3v) is 4.98. The van der Waals surface area contributed by atoms with Crippen LogP contribution >= 0.6 is 9.39 Å². The maximum atomic E-state index is 12.5. The zero-order chi connectivity index (χ0) is 17.5. The minimum Gasteiger partial charge on any atom is -0.354 e. The number of piperidine rings is 1. The van der Waals surface area contributed by atoms with Gasteiger partial charge in [0.05, 0.1) is 6.54 Å². The van der Waals surface area contributed by atoms with Gasteiger partial charge in [0.2, 0.25) is 0 Å². The number of rotatable bonds is 6. The lowest BCUT2D eigenvalue weighted by molar-refractivity contribution is -0.108. The van der Waals surface area contributed by atoms with Gasteiger partial charge in [-0.15, -0.1) is 0 Å². The van der Waals surface area contributed by atoms with E-state index in [1.165, 1.54) is 5.56 Å². The van der Waals surface area contributed by atoms with Crippen LogP contribution in [0.3, 0.4) is 0 Å². The summed E-state index contributed by atoms with van der Waals surface area (Å²) in [6, 6.07) is 7.92. The van der Waals surface area contributed by atoms with E-state index in [-0.39, 0.29) is 6.03 Å². The maximum Gasteiger partial charge on any atom is 0.321 e. The summed E-state index contributed by atoms with van der Waals surface area (Å²) < 4.78 is 12.6. The van der Waals surface area contributed by atoms with Gasteiger partial charge in [0.15, 0.2) is 6.29 Å². The SMILES string of the molecule is COC(CN(C)C(=O)Nc1ccccc1C1CCN(P)CC1)OC. The smallest absolute Gasteiger partial charge is 0.321 e. The lowest BCUT2D eigenvalue weighted by atomic mass is 9.89. The number of nitrogens with one attached hydrogen (secondary N) is 1. The van der Waals surface area contributed by atoms with E-state index >= 15 is 0 Å². The van der Waals surface area contributed by atoms with Crippen LogP contribution in [0.4, 0.5) is 10.5 Å². The van der Waals surface area contributed by atoms with Crippen molar-refractivity contribution in [3.8, 4) is 0 Å². The number of hydrogen-bond acceptors (Lipinski definition) is 4. The van der Waals surface area contributed by atoms with E-state index in [2.05, 4.69) is 25.4 Å². The van der Waals surface area contributed by atoms with Crippen LogP contribution in [0.25, 0.3) is 0 Å². The third-order valence-electron chi connectivity index (χ3n) is 4.47. The normalized spacial score (nSPS) is 16.4. The highest BCUT2D eigenvalue weighted by molar-refractivity contribution is 7.13. The lowest BCUT2D eigenvalue weighted by Crippen LogP contribution is -2.38. The van der Waals surface area contributed by atoms with Crippen molar-refractivity contribution in [2.75, 3.05) is 46.2 Å². The quantitative estimate of drug-likeness (QED) is 0.631. The first-order valence-corrected chi connectivity index (χ1v) is 8.73. The Kier molecular flexibility index (Phi) is 7.43. The summed E-state index contributed by atoms with van der Waals surface area (Å²) in [6.45, 7) is 2.48. The Labute approximate surface area is 146 Å². The van der Waals surface area contributed by atoms with Crippen LogP contribution in [0.1, 0.15) is 24.3 Å². The summed E-state index contributed by atoms with van der Waals surface area (Å²) in [5.74, 6) is 0.481. The number of amides is 2. The molecule has 0 aliphatic carbocycles. The number of anilines is 1. The molecule has 0 aromatic heterocycles. The van der Waals surface area contributed by atoms with Crippen molar-refractivity contribution in [3.63, 3.8) is 0 Å². The predicted molar refractivity (Wildman–Crippen MR) is 99.2 cm³/mol. The number of methoxy groups -OCH3 is 2. The first-order valence-electron chi connectivity index (χ1n) is 8.21. The molecule has 2 rings (SSSR count). The van der Waals surface area contributed by atoms with Crippen molar-refractivity contribution < 1.29 is 14.3 Å². The average Bonchev–Trinajstić information content (AvgIpc) is 2.60. The fraction of sp³-hybridized carbons (Fsp3) is 0.588. The number of carbonyl (C=O) groups is 1. The van der Waals surface area contributed by atoms with Crippen molar-refractivity contribution in [3.05, 3.63) is 29.8 Å². The lowest BCUT2D eigenvalue weighted by Gasteiger charge is -2.30. The van der Waals surface area contributed by atoms with Crippen LogP contribution in [0.15, 0.2) is 24.3 Å². The molecule has 0 spiro atoms. The highest BCUT2D eigenvalue weighted by Gasteiger charge is 2.22. The zero-order valence-electron chi connectivity index (χ0n) is 14.7. The topological polar surface area (TPSA) is 54.0 Å². The fourth-order valence-electron chi connectivity index (χ4n) is 2.94. The second-order valence-corrected chi connectivity index (χ2v) is 6.84. The summed E-state index contributed by atoms with van der Waals surface area (Å²) in [7, 11) is 7.63. The van der Waals surface area contributed by atoms with Gasteiger partial charge in [0, 0.05) is 40.0 Å². The Morgan fingerprint density at radius 1 is 1.33 bits per heavy atom. The molecule has 1 atom stereocenters. The number of ether oxygens (including phenoxy) is 2. The van der Waals surface area contributed by atoms with Crippen LogP contribution in [-0.4, -0.2) is 62.8 Å². The second-order valence-electron chi connectivity index (χ2n) is 6.11. The first-order chi connectivity index (χ1) is 11.5. The zero-order valence-corrected chi connectivity index (χ0v) is 15.9. The van der Waals surface area contributed by atoms with Gasteiger partial charge in [-0.1, -0.05) is 27.6 Å². The van der Waals surface area contributed by atoms with E-state index in [1.807, 2.05) is 18.2 Å². The van der Waals surface area contributed by atoms with Crippen LogP contribution in [-0.2, 0) is 9.47 Å². The van der Waals surface area contributed by atoms with Gasteiger partial charge in [-0.25, -0.2) is 4.79 Å². The minimum absolute atomic E-state index is 0.162. The number of urea groups is 1.